The second kappa shape index (κ2) is 9.19. The molecule has 1 aliphatic carbocycles. The monoisotopic (exact) mass is 412 g/mol. The zero-order valence-electron chi connectivity index (χ0n) is 16.3. The number of nitrogens with zero attached hydrogens (tertiary/aromatic N) is 2. The van der Waals surface area contributed by atoms with Crippen LogP contribution in [0.2, 0.25) is 0 Å². The molecule has 2 N–H and O–H groups in total. The molecule has 1 saturated carbocycles. The van der Waals surface area contributed by atoms with Crippen LogP contribution in [0.5, 0.6) is 0 Å². The fourth-order valence-electron chi connectivity index (χ4n) is 3.33. The number of halogens is 1. The lowest BCUT2D eigenvalue weighted by Gasteiger charge is -2.26. The largest absolute Gasteiger partial charge is 0.379 e. The van der Waals surface area contributed by atoms with Gasteiger partial charge in [-0.25, -0.2) is 12.8 Å². The maximum absolute atomic E-state index is 13.5. The SMILES string of the molecule is CCNC(=NCC1(c2cccc(F)c2)CC1)NCCS(=O)(=O)N1CCOCC1. The third-order valence-corrected chi connectivity index (χ3v) is 7.06. The Bertz CT molecular complexity index is 790. The van der Waals surface area contributed by atoms with Crippen LogP contribution in [0.4, 0.5) is 4.39 Å². The molecule has 2 fully saturated rings. The number of benzene rings is 1. The van der Waals surface area contributed by atoms with Crippen molar-refractivity contribution in [3.05, 3.63) is 35.6 Å². The van der Waals surface area contributed by atoms with Gasteiger partial charge in [-0.2, -0.15) is 4.31 Å². The number of rotatable bonds is 8. The molecule has 1 aromatic rings. The van der Waals surface area contributed by atoms with Crippen molar-refractivity contribution in [3.63, 3.8) is 0 Å². The maximum atomic E-state index is 13.5. The van der Waals surface area contributed by atoms with E-state index >= 15 is 0 Å². The fraction of sp³-hybridized carbons (Fsp3) is 0.632. The second-order valence-corrected chi connectivity index (χ2v) is 9.33. The first kappa shape index (κ1) is 21.0. The van der Waals surface area contributed by atoms with Crippen molar-refractivity contribution in [2.24, 2.45) is 4.99 Å². The number of guanidine groups is 1. The third kappa shape index (κ3) is 5.42. The van der Waals surface area contributed by atoms with E-state index in [0.717, 1.165) is 18.4 Å². The van der Waals surface area contributed by atoms with Crippen molar-refractivity contribution in [2.75, 3.05) is 51.7 Å². The Balaban J connectivity index is 1.56. The van der Waals surface area contributed by atoms with E-state index in [4.69, 9.17) is 4.74 Å². The van der Waals surface area contributed by atoms with Crippen molar-refractivity contribution in [1.29, 1.82) is 0 Å². The van der Waals surface area contributed by atoms with Crippen LogP contribution in [0.25, 0.3) is 0 Å². The van der Waals surface area contributed by atoms with Crippen LogP contribution >= 0.6 is 0 Å². The van der Waals surface area contributed by atoms with Crippen LogP contribution in [-0.2, 0) is 20.2 Å². The van der Waals surface area contributed by atoms with Gasteiger partial charge in [0.05, 0.1) is 25.5 Å². The molecule has 0 spiro atoms. The molecule has 3 rings (SSSR count). The number of aliphatic imine (C=N–C) groups is 1. The van der Waals surface area contributed by atoms with Gasteiger partial charge in [-0.05, 0) is 37.5 Å². The highest BCUT2D eigenvalue weighted by atomic mass is 32.2. The van der Waals surface area contributed by atoms with Crippen LogP contribution in [0, 0.1) is 5.82 Å². The van der Waals surface area contributed by atoms with Gasteiger partial charge in [-0.3, -0.25) is 4.99 Å². The quantitative estimate of drug-likeness (QED) is 0.493. The Morgan fingerprint density at radius 1 is 1.29 bits per heavy atom. The summed E-state index contributed by atoms with van der Waals surface area (Å²) in [6.45, 7) is 5.16. The molecule has 28 heavy (non-hydrogen) atoms. The Hall–Kier alpha value is -1.71. The normalized spacial score (nSPS) is 20.0. The first-order chi connectivity index (χ1) is 13.5. The van der Waals surface area contributed by atoms with Gasteiger partial charge in [0.15, 0.2) is 5.96 Å². The topological polar surface area (TPSA) is 83.0 Å². The third-order valence-electron chi connectivity index (χ3n) is 5.19. The summed E-state index contributed by atoms with van der Waals surface area (Å²) in [6, 6.07) is 6.70. The van der Waals surface area contributed by atoms with Gasteiger partial charge in [0.1, 0.15) is 5.82 Å². The van der Waals surface area contributed by atoms with Gasteiger partial charge >= 0.3 is 0 Å². The van der Waals surface area contributed by atoms with Crippen LogP contribution < -0.4 is 10.6 Å². The summed E-state index contributed by atoms with van der Waals surface area (Å²) in [5.41, 5.74) is 0.867. The highest BCUT2D eigenvalue weighted by molar-refractivity contribution is 7.89. The van der Waals surface area contributed by atoms with Crippen molar-refractivity contribution >= 4 is 16.0 Å². The molecule has 156 valence electrons. The number of sulfonamides is 1. The van der Waals surface area contributed by atoms with Crippen LogP contribution in [0.1, 0.15) is 25.3 Å². The number of morpholine rings is 1. The van der Waals surface area contributed by atoms with E-state index in [1.807, 2.05) is 13.0 Å². The average Bonchev–Trinajstić information content (AvgIpc) is 3.48. The fourth-order valence-corrected chi connectivity index (χ4v) is 4.66. The molecule has 7 nitrogen and oxygen atoms in total. The summed E-state index contributed by atoms with van der Waals surface area (Å²) in [7, 11) is -3.31. The molecule has 1 aromatic carbocycles. The molecule has 1 saturated heterocycles. The van der Waals surface area contributed by atoms with E-state index in [-0.39, 0.29) is 23.5 Å². The lowest BCUT2D eigenvalue weighted by atomic mass is 9.96. The predicted octanol–water partition coefficient (Wildman–Crippen LogP) is 1.07. The molecule has 0 atom stereocenters. The number of hydrogen-bond donors (Lipinski definition) is 2. The summed E-state index contributed by atoms with van der Waals surface area (Å²) in [5, 5.41) is 6.25. The standard InChI is InChI=1S/C19H29FN4O3S/c1-2-21-18(22-8-13-28(25,26)24-9-11-27-12-10-24)23-15-19(6-7-19)16-4-3-5-17(20)14-16/h3-5,14H,2,6-13,15H2,1H3,(H2,21,22,23). The molecule has 0 aromatic heterocycles. The minimum Gasteiger partial charge on any atom is -0.379 e. The lowest BCUT2D eigenvalue weighted by Crippen LogP contribution is -2.45. The molecular formula is C19H29FN4O3S. The number of nitrogens with one attached hydrogen (secondary N) is 2. The van der Waals surface area contributed by atoms with Crippen LogP contribution in [0.3, 0.4) is 0 Å². The molecule has 1 aliphatic heterocycles. The molecule has 0 radical (unpaired) electrons. The van der Waals surface area contributed by atoms with Crippen molar-refractivity contribution in [2.45, 2.75) is 25.2 Å². The molecule has 0 bridgehead atoms. The van der Waals surface area contributed by atoms with Gasteiger partial charge in [0.25, 0.3) is 0 Å². The molecule has 0 unspecified atom stereocenters. The summed E-state index contributed by atoms with van der Waals surface area (Å²) in [5.74, 6) is 0.361. The Morgan fingerprint density at radius 2 is 2.04 bits per heavy atom. The van der Waals surface area contributed by atoms with Crippen molar-refractivity contribution < 1.29 is 17.5 Å². The van der Waals surface area contributed by atoms with E-state index in [9.17, 15) is 12.8 Å². The minimum absolute atomic E-state index is 0.00640. The lowest BCUT2D eigenvalue weighted by molar-refractivity contribution is 0.0730. The summed E-state index contributed by atoms with van der Waals surface area (Å²) in [6.07, 6.45) is 1.95. The van der Waals surface area contributed by atoms with Gasteiger partial charge in [-0.1, -0.05) is 12.1 Å². The Labute approximate surface area is 166 Å². The van der Waals surface area contributed by atoms with Crippen molar-refractivity contribution in [1.82, 2.24) is 14.9 Å². The van der Waals surface area contributed by atoms with E-state index in [1.165, 1.54) is 10.4 Å². The second-order valence-electron chi connectivity index (χ2n) is 7.24. The molecule has 9 heteroatoms. The molecule has 0 amide bonds. The smallest absolute Gasteiger partial charge is 0.215 e. The highest BCUT2D eigenvalue weighted by Gasteiger charge is 2.44. The maximum Gasteiger partial charge on any atom is 0.215 e. The first-order valence-corrected chi connectivity index (χ1v) is 11.4. The van der Waals surface area contributed by atoms with Crippen LogP contribution in [-0.4, -0.2) is 70.4 Å². The van der Waals surface area contributed by atoms with Gasteiger partial charge in [0.2, 0.25) is 10.0 Å². The van der Waals surface area contributed by atoms with Gasteiger partial charge in [0, 0.05) is 31.6 Å². The van der Waals surface area contributed by atoms with E-state index in [1.54, 1.807) is 12.1 Å². The highest BCUT2D eigenvalue weighted by Crippen LogP contribution is 2.48. The zero-order chi connectivity index (χ0) is 20.0. The first-order valence-electron chi connectivity index (χ1n) is 9.79. The number of hydrogen-bond acceptors (Lipinski definition) is 4. The van der Waals surface area contributed by atoms with E-state index in [0.29, 0.717) is 45.4 Å². The zero-order valence-corrected chi connectivity index (χ0v) is 17.1. The van der Waals surface area contributed by atoms with E-state index in [2.05, 4.69) is 15.6 Å². The Kier molecular flexibility index (Phi) is 6.90. The molecule has 2 aliphatic rings. The summed E-state index contributed by atoms with van der Waals surface area (Å²) in [4.78, 5) is 4.63. The summed E-state index contributed by atoms with van der Waals surface area (Å²) < 4.78 is 45.0. The Morgan fingerprint density at radius 3 is 2.68 bits per heavy atom. The average molecular weight is 413 g/mol. The van der Waals surface area contributed by atoms with Gasteiger partial charge in [-0.15, -0.1) is 0 Å². The van der Waals surface area contributed by atoms with Crippen LogP contribution in [0.15, 0.2) is 29.3 Å². The number of ether oxygens (including phenoxy) is 1. The van der Waals surface area contributed by atoms with E-state index < -0.39 is 10.0 Å². The van der Waals surface area contributed by atoms with Gasteiger partial charge < -0.3 is 15.4 Å². The minimum atomic E-state index is -3.31. The van der Waals surface area contributed by atoms with Crippen molar-refractivity contribution in [3.8, 4) is 0 Å². The predicted molar refractivity (Wildman–Crippen MR) is 107 cm³/mol. The molecule has 1 heterocycles. The molecular weight excluding hydrogens is 383 g/mol. The summed E-state index contributed by atoms with van der Waals surface area (Å²) >= 11 is 0.